The maximum atomic E-state index is 13.5. The van der Waals surface area contributed by atoms with Gasteiger partial charge in [-0.05, 0) is 18.6 Å². The molecule has 1 aromatic carbocycles. The second-order valence-electron chi connectivity index (χ2n) is 4.87. The highest BCUT2D eigenvalue weighted by Crippen LogP contribution is 2.30. The van der Waals surface area contributed by atoms with E-state index in [1.54, 1.807) is 11.8 Å². The number of aryl methyl sites for hydroxylation is 1. The molecule has 0 radical (unpaired) electrons. The number of nitro benzene ring substituents is 1. The molecule has 1 aromatic rings. The molecule has 1 aliphatic heterocycles. The second-order valence-corrected chi connectivity index (χ2v) is 8.32. The van der Waals surface area contributed by atoms with E-state index in [-0.39, 0.29) is 15.7 Å². The zero-order chi connectivity index (χ0) is 15.8. The second kappa shape index (κ2) is 5.90. The molecule has 0 bridgehead atoms. The van der Waals surface area contributed by atoms with Gasteiger partial charge < -0.3 is 0 Å². The topological polar surface area (TPSA) is 80.5 Å². The minimum atomic E-state index is -3.85. The maximum Gasteiger partial charge on any atom is 0.306 e. The molecule has 0 spiro atoms. The molecule has 1 saturated heterocycles. The van der Waals surface area contributed by atoms with Gasteiger partial charge in [0.05, 0.1) is 9.82 Å². The molecule has 1 unspecified atom stereocenters. The highest BCUT2D eigenvalue weighted by atomic mass is 32.2. The van der Waals surface area contributed by atoms with Crippen LogP contribution in [0.3, 0.4) is 0 Å². The number of halogens is 1. The normalized spacial score (nSPS) is 20.4. The number of sulfonamides is 1. The van der Waals surface area contributed by atoms with Crippen LogP contribution in [-0.2, 0) is 10.0 Å². The molecule has 1 heterocycles. The predicted molar refractivity (Wildman–Crippen MR) is 78.5 cm³/mol. The zero-order valence-corrected chi connectivity index (χ0v) is 13.2. The van der Waals surface area contributed by atoms with Crippen molar-refractivity contribution in [3.8, 4) is 0 Å². The summed E-state index contributed by atoms with van der Waals surface area (Å²) < 4.78 is 40.0. The van der Waals surface area contributed by atoms with Crippen molar-refractivity contribution in [1.29, 1.82) is 0 Å². The Morgan fingerprint density at radius 2 is 2.14 bits per heavy atom. The van der Waals surface area contributed by atoms with Crippen LogP contribution in [0.25, 0.3) is 0 Å². The average molecular weight is 334 g/mol. The van der Waals surface area contributed by atoms with Gasteiger partial charge in [-0.15, -0.1) is 0 Å². The van der Waals surface area contributed by atoms with Crippen molar-refractivity contribution in [2.24, 2.45) is 0 Å². The summed E-state index contributed by atoms with van der Waals surface area (Å²) in [5.74, 6) is -0.359. The molecular weight excluding hydrogens is 319 g/mol. The van der Waals surface area contributed by atoms with Crippen molar-refractivity contribution in [3.05, 3.63) is 33.6 Å². The minimum Gasteiger partial charge on any atom is -0.258 e. The average Bonchev–Trinajstić information content (AvgIpc) is 2.37. The van der Waals surface area contributed by atoms with Gasteiger partial charge in [0.25, 0.3) is 0 Å². The lowest BCUT2D eigenvalue weighted by molar-refractivity contribution is -0.387. The highest BCUT2D eigenvalue weighted by Gasteiger charge is 2.32. The molecule has 1 aliphatic rings. The molecule has 0 aliphatic carbocycles. The molecular formula is C12H15FN2O4S2. The quantitative estimate of drug-likeness (QED) is 0.625. The van der Waals surface area contributed by atoms with Gasteiger partial charge in [-0.25, -0.2) is 8.42 Å². The van der Waals surface area contributed by atoms with Gasteiger partial charge in [-0.1, -0.05) is 6.92 Å². The molecule has 21 heavy (non-hydrogen) atoms. The van der Waals surface area contributed by atoms with Crippen LogP contribution < -0.4 is 0 Å². The molecule has 116 valence electrons. The summed E-state index contributed by atoms with van der Waals surface area (Å²) in [6.45, 7) is 4.05. The van der Waals surface area contributed by atoms with Crippen LogP contribution in [0.4, 0.5) is 10.1 Å². The highest BCUT2D eigenvalue weighted by molar-refractivity contribution is 8.00. The molecule has 0 amide bonds. The minimum absolute atomic E-state index is 0.157. The Morgan fingerprint density at radius 3 is 2.71 bits per heavy atom. The summed E-state index contributed by atoms with van der Waals surface area (Å²) in [7, 11) is -3.85. The summed E-state index contributed by atoms with van der Waals surface area (Å²) in [4.78, 5) is 9.68. The van der Waals surface area contributed by atoms with Crippen molar-refractivity contribution in [2.45, 2.75) is 24.0 Å². The van der Waals surface area contributed by atoms with E-state index in [0.29, 0.717) is 18.8 Å². The Kier molecular flexibility index (Phi) is 4.54. The monoisotopic (exact) mass is 334 g/mol. The SMILES string of the molecule is Cc1cc(F)c([N+](=O)[O-])cc1S(=O)(=O)N1CCSC(C)C1. The van der Waals surface area contributed by atoms with Crippen molar-refractivity contribution in [1.82, 2.24) is 4.31 Å². The Hall–Kier alpha value is -1.19. The first kappa shape index (κ1) is 16.2. The number of rotatable bonds is 3. The standard InChI is InChI=1S/C12H15FN2O4S2/c1-8-5-10(13)11(15(16)17)6-12(8)21(18,19)14-3-4-20-9(2)7-14/h5-6,9H,3-4,7H2,1-2H3. The van der Waals surface area contributed by atoms with Gasteiger partial charge in [-0.2, -0.15) is 20.5 Å². The van der Waals surface area contributed by atoms with Crippen molar-refractivity contribution >= 4 is 27.5 Å². The Bertz CT molecular complexity index is 678. The van der Waals surface area contributed by atoms with Gasteiger partial charge in [0.15, 0.2) is 0 Å². The molecule has 0 N–H and O–H groups in total. The Labute approximate surface area is 126 Å². The number of nitro groups is 1. The first-order valence-electron chi connectivity index (χ1n) is 6.29. The van der Waals surface area contributed by atoms with Crippen LogP contribution in [0, 0.1) is 22.9 Å². The summed E-state index contributed by atoms with van der Waals surface area (Å²) >= 11 is 1.67. The largest absolute Gasteiger partial charge is 0.306 e. The van der Waals surface area contributed by atoms with E-state index < -0.39 is 26.5 Å². The van der Waals surface area contributed by atoms with Crippen molar-refractivity contribution in [3.63, 3.8) is 0 Å². The maximum absolute atomic E-state index is 13.5. The van der Waals surface area contributed by atoms with Crippen LogP contribution >= 0.6 is 11.8 Å². The molecule has 1 atom stereocenters. The lowest BCUT2D eigenvalue weighted by Crippen LogP contribution is -2.41. The van der Waals surface area contributed by atoms with Crippen LogP contribution in [0.2, 0.25) is 0 Å². The third kappa shape index (κ3) is 3.19. The van der Waals surface area contributed by atoms with Gasteiger partial charge in [0.1, 0.15) is 0 Å². The van der Waals surface area contributed by atoms with Crippen molar-refractivity contribution in [2.75, 3.05) is 18.8 Å². The summed E-state index contributed by atoms with van der Waals surface area (Å²) in [5, 5.41) is 11.0. The Morgan fingerprint density at radius 1 is 1.48 bits per heavy atom. The third-order valence-corrected chi connectivity index (χ3v) is 6.41. The fourth-order valence-electron chi connectivity index (χ4n) is 2.20. The number of hydrogen-bond donors (Lipinski definition) is 0. The van der Waals surface area contributed by atoms with E-state index in [2.05, 4.69) is 0 Å². The number of benzene rings is 1. The molecule has 1 fully saturated rings. The summed E-state index contributed by atoms with van der Waals surface area (Å²) in [6.07, 6.45) is 0. The van der Waals surface area contributed by atoms with E-state index in [4.69, 9.17) is 0 Å². The summed E-state index contributed by atoms with van der Waals surface area (Å²) in [6, 6.07) is 1.71. The van der Waals surface area contributed by atoms with Crippen LogP contribution in [0.1, 0.15) is 12.5 Å². The van der Waals surface area contributed by atoms with Crippen LogP contribution in [0.15, 0.2) is 17.0 Å². The van der Waals surface area contributed by atoms with Gasteiger partial charge in [0.2, 0.25) is 15.8 Å². The molecule has 9 heteroatoms. The lowest BCUT2D eigenvalue weighted by atomic mass is 10.2. The lowest BCUT2D eigenvalue weighted by Gasteiger charge is -2.30. The van der Waals surface area contributed by atoms with Crippen LogP contribution in [-0.4, -0.2) is 41.7 Å². The van der Waals surface area contributed by atoms with E-state index in [1.165, 1.54) is 11.2 Å². The fourth-order valence-corrected chi connectivity index (χ4v) is 5.18. The van der Waals surface area contributed by atoms with E-state index in [0.717, 1.165) is 12.1 Å². The predicted octanol–water partition coefficient (Wildman–Crippen LogP) is 2.17. The smallest absolute Gasteiger partial charge is 0.258 e. The molecule has 0 saturated carbocycles. The van der Waals surface area contributed by atoms with Gasteiger partial charge >= 0.3 is 5.69 Å². The number of nitrogens with zero attached hydrogens (tertiary/aromatic N) is 2. The zero-order valence-electron chi connectivity index (χ0n) is 11.6. The van der Waals surface area contributed by atoms with E-state index >= 15 is 0 Å². The van der Waals surface area contributed by atoms with Gasteiger partial charge in [0, 0.05) is 30.2 Å². The van der Waals surface area contributed by atoms with E-state index in [9.17, 15) is 22.9 Å². The molecule has 2 rings (SSSR count). The first-order valence-corrected chi connectivity index (χ1v) is 8.78. The molecule has 0 aromatic heterocycles. The number of hydrogen-bond acceptors (Lipinski definition) is 5. The first-order chi connectivity index (χ1) is 9.73. The van der Waals surface area contributed by atoms with Gasteiger partial charge in [-0.3, -0.25) is 10.1 Å². The molecule has 6 nitrogen and oxygen atoms in total. The summed E-state index contributed by atoms with van der Waals surface area (Å²) in [5.41, 5.74) is -0.650. The van der Waals surface area contributed by atoms with Crippen LogP contribution in [0.5, 0.6) is 0 Å². The fraction of sp³-hybridized carbons (Fsp3) is 0.500. The van der Waals surface area contributed by atoms with Crippen molar-refractivity contribution < 1.29 is 17.7 Å². The number of thioether (sulfide) groups is 1. The third-order valence-electron chi connectivity index (χ3n) is 3.26. The van der Waals surface area contributed by atoms with E-state index in [1.807, 2.05) is 6.92 Å². The Balaban J connectivity index is 2.49.